The van der Waals surface area contributed by atoms with Gasteiger partial charge in [0.1, 0.15) is 6.54 Å². The lowest BCUT2D eigenvalue weighted by Crippen LogP contribution is -2.31. The Bertz CT molecular complexity index is 1090. The lowest BCUT2D eigenvalue weighted by atomic mass is 10.0. The third kappa shape index (κ3) is 3.77. The molecule has 1 amide bonds. The Labute approximate surface area is 175 Å². The highest BCUT2D eigenvalue weighted by Crippen LogP contribution is 2.33. The summed E-state index contributed by atoms with van der Waals surface area (Å²) in [6.07, 6.45) is 2.46. The number of carbonyl (C=O) groups excluding carboxylic acids is 2. The van der Waals surface area contributed by atoms with Gasteiger partial charge in [0.15, 0.2) is 17.8 Å². The quantitative estimate of drug-likeness (QED) is 0.623. The van der Waals surface area contributed by atoms with E-state index in [1.807, 2.05) is 60.9 Å². The van der Waals surface area contributed by atoms with Crippen molar-refractivity contribution in [2.24, 2.45) is 0 Å². The molecule has 4 rings (SSSR count). The second-order valence-electron chi connectivity index (χ2n) is 7.51. The highest BCUT2D eigenvalue weighted by molar-refractivity contribution is 6.00. The van der Waals surface area contributed by atoms with Crippen molar-refractivity contribution >= 4 is 23.1 Å². The minimum atomic E-state index is -0.137. The monoisotopic (exact) mass is 406 g/mol. The van der Waals surface area contributed by atoms with Gasteiger partial charge >= 0.3 is 0 Å². The Balaban J connectivity index is 1.55. The van der Waals surface area contributed by atoms with Crippen LogP contribution < -0.4 is 14.8 Å². The summed E-state index contributed by atoms with van der Waals surface area (Å²) in [5.41, 5.74) is 3.30. The molecule has 30 heavy (non-hydrogen) atoms. The fraction of sp³-hybridized carbons (Fsp3) is 0.333. The molecule has 0 saturated carbocycles. The highest BCUT2D eigenvalue weighted by atomic mass is 16.5. The van der Waals surface area contributed by atoms with Crippen molar-refractivity contribution in [2.45, 2.75) is 39.3 Å². The molecule has 2 aromatic carbocycles. The van der Waals surface area contributed by atoms with Crippen LogP contribution in [-0.2, 0) is 11.3 Å². The maximum Gasteiger partial charge on any atom is 0.240 e. The van der Waals surface area contributed by atoms with Crippen LogP contribution in [0.25, 0.3) is 10.9 Å². The van der Waals surface area contributed by atoms with Crippen molar-refractivity contribution in [3.63, 3.8) is 0 Å². The Kier molecular flexibility index (Phi) is 5.74. The van der Waals surface area contributed by atoms with Crippen molar-refractivity contribution in [3.8, 4) is 11.5 Å². The highest BCUT2D eigenvalue weighted by Gasteiger charge is 2.19. The van der Waals surface area contributed by atoms with Crippen LogP contribution in [-0.4, -0.2) is 30.0 Å². The summed E-state index contributed by atoms with van der Waals surface area (Å²) < 4.78 is 13.4. The molecule has 3 aromatic rings. The minimum Gasteiger partial charge on any atom is -0.490 e. The van der Waals surface area contributed by atoms with Crippen LogP contribution >= 0.6 is 0 Å². The number of amides is 1. The summed E-state index contributed by atoms with van der Waals surface area (Å²) in [5, 5.41) is 4.00. The van der Waals surface area contributed by atoms with Crippen LogP contribution in [0.3, 0.4) is 0 Å². The predicted octanol–water partition coefficient (Wildman–Crippen LogP) is 4.19. The lowest BCUT2D eigenvalue weighted by Gasteiger charge is -2.20. The average molecular weight is 406 g/mol. The SMILES string of the molecule is CC[C@@H](NC(=O)Cn1c(C)c(C=O)c2ccccc21)c1ccc2c(c1)OCCCO2. The normalized spacial score (nSPS) is 14.2. The molecule has 1 aliphatic heterocycles. The van der Waals surface area contributed by atoms with E-state index < -0.39 is 0 Å². The second kappa shape index (κ2) is 8.61. The van der Waals surface area contributed by atoms with E-state index in [2.05, 4.69) is 5.32 Å². The molecule has 1 aliphatic rings. The number of hydrogen-bond acceptors (Lipinski definition) is 4. The first-order valence-corrected chi connectivity index (χ1v) is 10.3. The molecular formula is C24H26N2O4. The van der Waals surface area contributed by atoms with Crippen LogP contribution in [0.1, 0.15) is 47.4 Å². The van der Waals surface area contributed by atoms with Gasteiger partial charge in [-0.05, 0) is 37.1 Å². The summed E-state index contributed by atoms with van der Waals surface area (Å²) >= 11 is 0. The van der Waals surface area contributed by atoms with Gasteiger partial charge in [-0.1, -0.05) is 31.2 Å². The molecule has 0 spiro atoms. The van der Waals surface area contributed by atoms with Gasteiger partial charge in [-0.25, -0.2) is 0 Å². The van der Waals surface area contributed by atoms with Crippen molar-refractivity contribution in [3.05, 3.63) is 59.3 Å². The van der Waals surface area contributed by atoms with Crippen LogP contribution in [0, 0.1) is 6.92 Å². The molecule has 0 fully saturated rings. The van der Waals surface area contributed by atoms with Crippen LogP contribution in [0.2, 0.25) is 0 Å². The molecule has 156 valence electrons. The standard InChI is InChI=1S/C24H26N2O4/c1-3-20(17-9-10-22-23(13-17)30-12-6-11-29-22)25-24(28)14-26-16(2)19(15-27)18-7-4-5-8-21(18)26/h4-5,7-10,13,15,20H,3,6,11-12,14H2,1-2H3,(H,25,28)/t20-/m1/s1. The maximum absolute atomic E-state index is 12.9. The largest absolute Gasteiger partial charge is 0.490 e. The number of para-hydroxylation sites is 1. The molecule has 2 heterocycles. The number of benzene rings is 2. The smallest absolute Gasteiger partial charge is 0.240 e. The Morgan fingerprint density at radius 3 is 2.70 bits per heavy atom. The summed E-state index contributed by atoms with van der Waals surface area (Å²) in [6, 6.07) is 13.4. The summed E-state index contributed by atoms with van der Waals surface area (Å²) in [7, 11) is 0. The van der Waals surface area contributed by atoms with Crippen molar-refractivity contribution in [1.82, 2.24) is 9.88 Å². The van der Waals surface area contributed by atoms with Gasteiger partial charge in [0.05, 0.1) is 19.3 Å². The molecule has 1 N–H and O–H groups in total. The topological polar surface area (TPSA) is 69.6 Å². The summed E-state index contributed by atoms with van der Waals surface area (Å²) in [6.45, 7) is 5.33. The first-order valence-electron chi connectivity index (χ1n) is 10.3. The summed E-state index contributed by atoms with van der Waals surface area (Å²) in [5.74, 6) is 1.36. The molecule has 1 atom stereocenters. The van der Waals surface area contributed by atoms with Crippen LogP contribution in [0.5, 0.6) is 11.5 Å². The predicted molar refractivity (Wildman–Crippen MR) is 115 cm³/mol. The van der Waals surface area contributed by atoms with Crippen molar-refractivity contribution < 1.29 is 19.1 Å². The number of hydrogen-bond donors (Lipinski definition) is 1. The fourth-order valence-electron chi connectivity index (χ4n) is 4.01. The number of ether oxygens (including phenoxy) is 2. The zero-order valence-corrected chi connectivity index (χ0v) is 17.3. The first kappa shape index (κ1) is 20.0. The zero-order chi connectivity index (χ0) is 21.1. The van der Waals surface area contributed by atoms with Crippen molar-refractivity contribution in [2.75, 3.05) is 13.2 Å². The molecular weight excluding hydrogens is 380 g/mol. The Hall–Kier alpha value is -3.28. The number of nitrogens with one attached hydrogen (secondary N) is 1. The van der Waals surface area contributed by atoms with Gasteiger partial charge in [0.25, 0.3) is 0 Å². The van der Waals surface area contributed by atoms with Crippen LogP contribution in [0.4, 0.5) is 0 Å². The Morgan fingerprint density at radius 1 is 1.17 bits per heavy atom. The van der Waals surface area contributed by atoms with Gasteiger partial charge in [-0.2, -0.15) is 0 Å². The van der Waals surface area contributed by atoms with E-state index in [-0.39, 0.29) is 18.5 Å². The van der Waals surface area contributed by atoms with Gasteiger partial charge in [-0.15, -0.1) is 0 Å². The van der Waals surface area contributed by atoms with E-state index in [1.165, 1.54) is 0 Å². The Morgan fingerprint density at radius 2 is 1.93 bits per heavy atom. The number of nitrogens with zero attached hydrogens (tertiary/aromatic N) is 1. The number of aromatic nitrogens is 1. The van der Waals surface area contributed by atoms with E-state index in [1.54, 1.807) is 0 Å². The van der Waals surface area contributed by atoms with E-state index in [0.29, 0.717) is 18.8 Å². The maximum atomic E-state index is 12.9. The van der Waals surface area contributed by atoms with E-state index in [9.17, 15) is 9.59 Å². The zero-order valence-electron chi connectivity index (χ0n) is 17.3. The molecule has 0 saturated heterocycles. The van der Waals surface area contributed by atoms with Gasteiger partial charge in [-0.3, -0.25) is 9.59 Å². The van der Waals surface area contributed by atoms with E-state index >= 15 is 0 Å². The van der Waals surface area contributed by atoms with Crippen molar-refractivity contribution in [1.29, 1.82) is 0 Å². The van der Waals surface area contributed by atoms with Gasteiger partial charge < -0.3 is 19.4 Å². The number of rotatable bonds is 6. The molecule has 0 unspecified atom stereocenters. The van der Waals surface area contributed by atoms with Gasteiger partial charge in [0, 0.05) is 28.6 Å². The summed E-state index contributed by atoms with van der Waals surface area (Å²) in [4.78, 5) is 24.5. The fourth-order valence-corrected chi connectivity index (χ4v) is 4.01. The average Bonchev–Trinajstić information content (AvgIpc) is 2.90. The van der Waals surface area contributed by atoms with Gasteiger partial charge in [0.2, 0.25) is 5.91 Å². The molecule has 6 heteroatoms. The van der Waals surface area contributed by atoms with E-state index in [4.69, 9.17) is 9.47 Å². The first-order chi connectivity index (χ1) is 14.6. The lowest BCUT2D eigenvalue weighted by molar-refractivity contribution is -0.122. The van der Waals surface area contributed by atoms with Crippen LogP contribution in [0.15, 0.2) is 42.5 Å². The second-order valence-corrected chi connectivity index (χ2v) is 7.51. The third-order valence-electron chi connectivity index (χ3n) is 5.62. The molecule has 1 aromatic heterocycles. The van der Waals surface area contributed by atoms with E-state index in [0.717, 1.165) is 52.8 Å². The number of fused-ring (bicyclic) bond motifs is 2. The molecule has 0 radical (unpaired) electrons. The third-order valence-corrected chi connectivity index (χ3v) is 5.62. The number of carbonyl (C=O) groups is 2. The molecule has 0 bridgehead atoms. The molecule has 0 aliphatic carbocycles. The number of aldehydes is 1. The minimum absolute atomic E-state index is 0.102. The molecule has 6 nitrogen and oxygen atoms in total.